The van der Waals surface area contributed by atoms with Crippen LogP contribution in [0.15, 0.2) is 41.8 Å². The van der Waals surface area contributed by atoms with Crippen LogP contribution in [-0.4, -0.2) is 22.3 Å². The number of thiophene rings is 1. The molecule has 0 bridgehead atoms. The van der Waals surface area contributed by atoms with E-state index in [0.717, 1.165) is 0 Å². The van der Waals surface area contributed by atoms with Gasteiger partial charge in [0.1, 0.15) is 5.78 Å². The van der Waals surface area contributed by atoms with Crippen molar-refractivity contribution in [3.8, 4) is 0 Å². The van der Waals surface area contributed by atoms with Crippen molar-refractivity contribution in [2.24, 2.45) is 0 Å². The van der Waals surface area contributed by atoms with Gasteiger partial charge in [-0.2, -0.15) is 0 Å². The number of benzene rings is 1. The summed E-state index contributed by atoms with van der Waals surface area (Å²) in [6, 6.07) is 8.34. The van der Waals surface area contributed by atoms with Crippen LogP contribution in [0.2, 0.25) is 0 Å². The molecule has 2 rings (SSSR count). The zero-order valence-electron chi connectivity index (χ0n) is 11.4. The van der Waals surface area contributed by atoms with Crippen molar-refractivity contribution in [1.29, 1.82) is 0 Å². The molecule has 0 spiro atoms. The number of nitro groups is 1. The van der Waals surface area contributed by atoms with Crippen molar-refractivity contribution in [2.45, 2.75) is 12.8 Å². The molecule has 2 aromatic rings. The number of ketones is 3. The van der Waals surface area contributed by atoms with Crippen LogP contribution in [-0.2, 0) is 4.79 Å². The Morgan fingerprint density at radius 2 is 1.64 bits per heavy atom. The summed E-state index contributed by atoms with van der Waals surface area (Å²) in [7, 11) is 0. The van der Waals surface area contributed by atoms with Gasteiger partial charge in [-0.3, -0.25) is 24.5 Å². The Kier molecular flexibility index (Phi) is 4.90. The van der Waals surface area contributed by atoms with Crippen LogP contribution in [0, 0.1) is 10.1 Å². The molecule has 0 saturated carbocycles. The fraction of sp³-hybridized carbons (Fsp3) is 0.133. The van der Waals surface area contributed by atoms with Crippen molar-refractivity contribution in [3.05, 3.63) is 62.3 Å². The minimum Gasteiger partial charge on any atom is -0.299 e. The summed E-state index contributed by atoms with van der Waals surface area (Å²) in [5.74, 6) is -1.24. The molecule has 0 aliphatic rings. The van der Waals surface area contributed by atoms with E-state index in [-0.39, 0.29) is 23.5 Å². The van der Waals surface area contributed by atoms with E-state index in [1.807, 2.05) is 0 Å². The molecule has 1 heterocycles. The first-order chi connectivity index (χ1) is 10.5. The molecule has 0 atom stereocenters. The molecular weight excluding hydrogens is 306 g/mol. The molecule has 22 heavy (non-hydrogen) atoms. The molecule has 0 unspecified atom stereocenters. The lowest BCUT2D eigenvalue weighted by Crippen LogP contribution is -2.12. The Morgan fingerprint density at radius 1 is 1.00 bits per heavy atom. The third kappa shape index (κ3) is 3.92. The average Bonchev–Trinajstić information content (AvgIpc) is 3.01. The summed E-state index contributed by atoms with van der Waals surface area (Å²) in [5.41, 5.74) is 0.0817. The van der Waals surface area contributed by atoms with E-state index in [9.17, 15) is 24.5 Å². The normalized spacial score (nSPS) is 10.2. The zero-order chi connectivity index (χ0) is 16.1. The number of hydrogen-bond acceptors (Lipinski definition) is 6. The lowest BCUT2D eigenvalue weighted by molar-refractivity contribution is -0.384. The third-order valence-electron chi connectivity index (χ3n) is 2.91. The zero-order valence-corrected chi connectivity index (χ0v) is 12.2. The van der Waals surface area contributed by atoms with Crippen LogP contribution in [0.4, 0.5) is 5.69 Å². The Bertz CT molecular complexity index is 719. The lowest BCUT2D eigenvalue weighted by atomic mass is 10.0. The molecule has 1 aromatic heterocycles. The summed E-state index contributed by atoms with van der Waals surface area (Å²) in [4.78, 5) is 45.9. The number of Topliss-reactive ketones (excluding diaryl/α,β-unsaturated/α-hetero) is 3. The summed E-state index contributed by atoms with van der Waals surface area (Å²) < 4.78 is 0. The molecule has 0 fully saturated rings. The fourth-order valence-corrected chi connectivity index (χ4v) is 2.48. The van der Waals surface area contributed by atoms with Gasteiger partial charge in [0, 0.05) is 17.7 Å². The highest BCUT2D eigenvalue weighted by molar-refractivity contribution is 7.12. The maximum atomic E-state index is 11.9. The molecule has 0 aliphatic heterocycles. The van der Waals surface area contributed by atoms with Crippen molar-refractivity contribution >= 4 is 34.4 Å². The van der Waals surface area contributed by atoms with Crippen molar-refractivity contribution in [3.63, 3.8) is 0 Å². The number of carbonyl (C=O) groups excluding carboxylic acids is 3. The van der Waals surface area contributed by atoms with E-state index in [1.54, 1.807) is 17.5 Å². The van der Waals surface area contributed by atoms with Crippen LogP contribution in [0.3, 0.4) is 0 Å². The van der Waals surface area contributed by atoms with Crippen LogP contribution >= 0.6 is 11.3 Å². The highest BCUT2D eigenvalue weighted by atomic mass is 32.1. The molecule has 6 nitrogen and oxygen atoms in total. The largest absolute Gasteiger partial charge is 0.299 e. The second-order valence-electron chi connectivity index (χ2n) is 4.52. The van der Waals surface area contributed by atoms with E-state index in [4.69, 9.17) is 0 Å². The van der Waals surface area contributed by atoms with E-state index < -0.39 is 22.9 Å². The third-order valence-corrected chi connectivity index (χ3v) is 3.82. The maximum Gasteiger partial charge on any atom is 0.269 e. The fourth-order valence-electron chi connectivity index (χ4n) is 1.82. The standard InChI is InChI=1S/C15H11NO5S/c17-12(9-14(19)15-2-1-7-22-15)8-13(18)10-3-5-11(6-4-10)16(20)21/h1-7H,8-9H2. The second-order valence-corrected chi connectivity index (χ2v) is 5.47. The quantitative estimate of drug-likeness (QED) is 0.338. The number of carbonyl (C=O) groups is 3. The van der Waals surface area contributed by atoms with Gasteiger partial charge < -0.3 is 0 Å². The highest BCUT2D eigenvalue weighted by Crippen LogP contribution is 2.15. The van der Waals surface area contributed by atoms with Crippen molar-refractivity contribution < 1.29 is 19.3 Å². The lowest BCUT2D eigenvalue weighted by Gasteiger charge is -2.00. The van der Waals surface area contributed by atoms with Gasteiger partial charge in [-0.15, -0.1) is 11.3 Å². The van der Waals surface area contributed by atoms with Gasteiger partial charge in [-0.05, 0) is 23.6 Å². The van der Waals surface area contributed by atoms with Gasteiger partial charge in [0.25, 0.3) is 5.69 Å². The van der Waals surface area contributed by atoms with Crippen LogP contribution in [0.1, 0.15) is 32.9 Å². The predicted molar refractivity (Wildman–Crippen MR) is 80.3 cm³/mol. The Morgan fingerprint density at radius 3 is 2.18 bits per heavy atom. The van der Waals surface area contributed by atoms with Gasteiger partial charge in [-0.1, -0.05) is 6.07 Å². The number of nitrogens with zero attached hydrogens (tertiary/aromatic N) is 1. The van der Waals surface area contributed by atoms with Crippen LogP contribution < -0.4 is 0 Å². The monoisotopic (exact) mass is 317 g/mol. The first-order valence-corrected chi connectivity index (χ1v) is 7.21. The number of hydrogen-bond donors (Lipinski definition) is 0. The second kappa shape index (κ2) is 6.86. The molecule has 7 heteroatoms. The van der Waals surface area contributed by atoms with E-state index in [1.165, 1.54) is 35.6 Å². The first-order valence-electron chi connectivity index (χ1n) is 6.33. The van der Waals surface area contributed by atoms with Gasteiger partial charge in [0.2, 0.25) is 0 Å². The molecule has 0 radical (unpaired) electrons. The summed E-state index contributed by atoms with van der Waals surface area (Å²) in [5, 5.41) is 12.3. The highest BCUT2D eigenvalue weighted by Gasteiger charge is 2.17. The molecule has 1 aromatic carbocycles. The number of rotatable bonds is 7. The Hall–Kier alpha value is -2.67. The molecule has 0 N–H and O–H groups in total. The summed E-state index contributed by atoms with van der Waals surface area (Å²) in [6.45, 7) is 0. The Labute approximate surface area is 129 Å². The maximum absolute atomic E-state index is 11.9. The Balaban J connectivity index is 1.95. The number of nitro benzene ring substituents is 1. The van der Waals surface area contributed by atoms with Crippen LogP contribution in [0.5, 0.6) is 0 Å². The smallest absolute Gasteiger partial charge is 0.269 e. The molecule has 0 amide bonds. The molecule has 0 saturated heterocycles. The predicted octanol–water partition coefficient (Wildman–Crippen LogP) is 3.07. The average molecular weight is 317 g/mol. The van der Waals surface area contributed by atoms with Gasteiger partial charge >= 0.3 is 0 Å². The van der Waals surface area contributed by atoms with Crippen LogP contribution in [0.25, 0.3) is 0 Å². The first kappa shape index (κ1) is 15.7. The van der Waals surface area contributed by atoms with E-state index in [0.29, 0.717) is 4.88 Å². The minimum absolute atomic E-state index is 0.129. The van der Waals surface area contributed by atoms with Gasteiger partial charge in [0.15, 0.2) is 11.6 Å². The number of non-ortho nitro benzene ring substituents is 1. The SMILES string of the molecule is O=C(CC(=O)c1ccc([N+](=O)[O-])cc1)CC(=O)c1cccs1. The minimum atomic E-state index is -0.570. The van der Waals surface area contributed by atoms with E-state index >= 15 is 0 Å². The molecule has 0 aliphatic carbocycles. The van der Waals surface area contributed by atoms with Crippen molar-refractivity contribution in [2.75, 3.05) is 0 Å². The van der Waals surface area contributed by atoms with Gasteiger partial charge in [0.05, 0.1) is 22.6 Å². The topological polar surface area (TPSA) is 94.3 Å². The van der Waals surface area contributed by atoms with E-state index in [2.05, 4.69) is 0 Å². The molecule has 112 valence electrons. The summed E-state index contributed by atoms with van der Waals surface area (Å²) >= 11 is 1.24. The molecular formula is C15H11NO5S. The van der Waals surface area contributed by atoms with Crippen molar-refractivity contribution in [1.82, 2.24) is 0 Å². The van der Waals surface area contributed by atoms with Gasteiger partial charge in [-0.25, -0.2) is 0 Å². The summed E-state index contributed by atoms with van der Waals surface area (Å²) in [6.07, 6.45) is -0.714.